The van der Waals surface area contributed by atoms with E-state index in [1.807, 2.05) is 5.92 Å². The van der Waals surface area contributed by atoms with E-state index in [0.717, 1.165) is 0 Å². The number of hydrogen-bond donors (Lipinski definition) is 0. The molecule has 0 fully saturated rings. The lowest BCUT2D eigenvalue weighted by Gasteiger charge is -1.93. The molecule has 0 saturated carbocycles. The highest BCUT2D eigenvalue weighted by Crippen LogP contribution is 1.70. The van der Waals surface area contributed by atoms with Crippen molar-refractivity contribution >= 4 is 5.97 Å². The van der Waals surface area contributed by atoms with Gasteiger partial charge in [0, 0.05) is 6.92 Å². The fraction of sp³-hybridized carbons (Fsp3) is 0.400. The molecule has 0 atom stereocenters. The third-order valence-electron chi connectivity index (χ3n) is 0.348. The summed E-state index contributed by atoms with van der Waals surface area (Å²) in [6, 6.07) is 0. The molecule has 0 aromatic carbocycles. The summed E-state index contributed by atoms with van der Waals surface area (Å²) in [5, 5.41) is 0. The van der Waals surface area contributed by atoms with E-state index in [1.54, 1.807) is 0 Å². The first-order valence-electron chi connectivity index (χ1n) is 1.80. The normalized spacial score (nSPS) is 6.86. The Balaban J connectivity index is 3.02. The minimum absolute atomic E-state index is 0.0324. The van der Waals surface area contributed by atoms with E-state index in [9.17, 15) is 4.79 Å². The Kier molecular flexibility index (Phi) is 2.78. The van der Waals surface area contributed by atoms with Gasteiger partial charge in [0.2, 0.25) is 0 Å². The molecule has 0 heterocycles. The molecule has 0 rings (SSSR count). The lowest BCUT2D eigenvalue weighted by Crippen LogP contribution is -1.96. The molecule has 2 heteroatoms. The van der Waals surface area contributed by atoms with Gasteiger partial charge in [0.1, 0.15) is 6.61 Å². The molecule has 0 radical (unpaired) electrons. The molecule has 7 heavy (non-hydrogen) atoms. The van der Waals surface area contributed by atoms with Gasteiger partial charge in [-0.05, 0) is 0 Å². The average Bonchev–Trinajstić information content (AvgIpc) is 1.61. The largest absolute Gasteiger partial charge is 0.690 e. The molecule has 0 aliphatic carbocycles. The zero-order valence-electron chi connectivity index (χ0n) is 4.02. The van der Waals surface area contributed by atoms with Crippen LogP contribution in [0.25, 0.3) is 0 Å². The van der Waals surface area contributed by atoms with E-state index in [2.05, 4.69) is 4.74 Å². The van der Waals surface area contributed by atoms with Crippen LogP contribution in [0.2, 0.25) is 0 Å². The summed E-state index contributed by atoms with van der Waals surface area (Å²) in [5.74, 6) is 1.53. The van der Waals surface area contributed by atoms with Crippen LogP contribution < -0.4 is 0 Å². The lowest BCUT2D eigenvalue weighted by molar-refractivity contribution is -0.139. The van der Waals surface area contributed by atoms with Gasteiger partial charge in [-0.1, -0.05) is 0 Å². The molecule has 38 valence electrons. The number of carbonyl (C=O) groups excluding carboxylic acids is 1. The van der Waals surface area contributed by atoms with Crippen LogP contribution in [-0.2, 0) is 9.53 Å². The molecule has 0 saturated heterocycles. The van der Waals surface area contributed by atoms with Crippen LogP contribution in [0, 0.1) is 12.3 Å². The zero-order valence-corrected chi connectivity index (χ0v) is 4.02. The van der Waals surface area contributed by atoms with E-state index in [0.29, 0.717) is 0 Å². The number of hydrogen-bond acceptors (Lipinski definition) is 2. The van der Waals surface area contributed by atoms with Crippen molar-refractivity contribution in [2.24, 2.45) is 0 Å². The molecule has 0 N–H and O–H groups in total. The fourth-order valence-electron chi connectivity index (χ4n) is 0.138. The van der Waals surface area contributed by atoms with Gasteiger partial charge >= 0.3 is 5.97 Å². The average molecular weight is 97.1 g/mol. The second-order valence-electron chi connectivity index (χ2n) is 0.957. The summed E-state index contributed by atoms with van der Waals surface area (Å²) in [5.41, 5.74) is 0. The molecule has 0 aromatic heterocycles. The Morgan fingerprint density at radius 2 is 2.57 bits per heavy atom. The first kappa shape index (κ1) is 6.03. The molecular weight excluding hydrogens is 92.1 g/mol. The van der Waals surface area contributed by atoms with Gasteiger partial charge in [0.05, 0.1) is 0 Å². The van der Waals surface area contributed by atoms with Crippen molar-refractivity contribution in [3.05, 3.63) is 6.42 Å². The van der Waals surface area contributed by atoms with Gasteiger partial charge in [-0.15, -0.1) is 0 Å². The first-order valence-corrected chi connectivity index (χ1v) is 1.80. The van der Waals surface area contributed by atoms with Crippen molar-refractivity contribution in [1.29, 1.82) is 0 Å². The second kappa shape index (κ2) is 3.23. The highest BCUT2D eigenvalue weighted by atomic mass is 16.5. The third-order valence-corrected chi connectivity index (χ3v) is 0.348. The molecule has 0 spiro atoms. The summed E-state index contributed by atoms with van der Waals surface area (Å²) in [6.07, 6.45) is 6.27. The van der Waals surface area contributed by atoms with Crippen molar-refractivity contribution in [3.8, 4) is 5.92 Å². The van der Waals surface area contributed by atoms with E-state index < -0.39 is 0 Å². The van der Waals surface area contributed by atoms with Crippen molar-refractivity contribution < 1.29 is 9.53 Å². The topological polar surface area (TPSA) is 26.3 Å². The van der Waals surface area contributed by atoms with Gasteiger partial charge in [0.25, 0.3) is 0 Å². The Morgan fingerprint density at radius 3 is 2.71 bits per heavy atom. The van der Waals surface area contributed by atoms with Crippen LogP contribution in [0.3, 0.4) is 0 Å². The highest BCUT2D eigenvalue weighted by Gasteiger charge is 1.81. The predicted octanol–water partition coefficient (Wildman–Crippen LogP) is 0.139. The number of esters is 1. The van der Waals surface area contributed by atoms with Crippen molar-refractivity contribution in [2.45, 2.75) is 6.92 Å². The van der Waals surface area contributed by atoms with Gasteiger partial charge < -0.3 is 17.1 Å². The van der Waals surface area contributed by atoms with Crippen LogP contribution in [0.1, 0.15) is 6.92 Å². The lowest BCUT2D eigenvalue weighted by atomic mass is 10.7. The molecule has 2 nitrogen and oxygen atoms in total. The molecule has 0 unspecified atom stereocenters. The van der Waals surface area contributed by atoms with Crippen molar-refractivity contribution in [2.75, 3.05) is 6.61 Å². The molecule has 0 aliphatic heterocycles. The van der Waals surface area contributed by atoms with Gasteiger partial charge in [-0.25, -0.2) is 0 Å². The minimum atomic E-state index is -0.375. The second-order valence-corrected chi connectivity index (χ2v) is 0.957. The SMILES string of the molecule is [C-]#CCOC(C)=O. The molecule has 0 aromatic rings. The Bertz CT molecular complexity index is 99.1. The first-order chi connectivity index (χ1) is 3.27. The Labute approximate surface area is 42.5 Å². The summed E-state index contributed by atoms with van der Waals surface area (Å²) < 4.78 is 4.25. The van der Waals surface area contributed by atoms with E-state index in [-0.39, 0.29) is 12.6 Å². The van der Waals surface area contributed by atoms with E-state index in [1.165, 1.54) is 6.92 Å². The Morgan fingerprint density at radius 1 is 2.00 bits per heavy atom. The molecule has 0 amide bonds. The minimum Gasteiger partial charge on any atom is -0.690 e. The van der Waals surface area contributed by atoms with Crippen molar-refractivity contribution in [1.82, 2.24) is 0 Å². The van der Waals surface area contributed by atoms with E-state index >= 15 is 0 Å². The maximum Gasteiger partial charge on any atom is 0.303 e. The number of rotatable bonds is 1. The predicted molar refractivity (Wildman–Crippen MR) is 23.8 cm³/mol. The van der Waals surface area contributed by atoms with Gasteiger partial charge in [-0.2, -0.15) is 0 Å². The van der Waals surface area contributed by atoms with Crippen LogP contribution >= 0.6 is 0 Å². The maximum atomic E-state index is 9.86. The summed E-state index contributed by atoms with van der Waals surface area (Å²) in [4.78, 5) is 9.86. The maximum absolute atomic E-state index is 9.86. The monoisotopic (exact) mass is 97.0 g/mol. The van der Waals surface area contributed by atoms with Crippen LogP contribution in [0.4, 0.5) is 0 Å². The molecule has 0 aliphatic rings. The Hall–Kier alpha value is -0.970. The summed E-state index contributed by atoms with van der Waals surface area (Å²) in [6.45, 7) is 1.26. The quantitative estimate of drug-likeness (QED) is 0.264. The van der Waals surface area contributed by atoms with Crippen LogP contribution in [0.15, 0.2) is 0 Å². The van der Waals surface area contributed by atoms with Gasteiger partial charge in [0.15, 0.2) is 0 Å². The number of carbonyl (C=O) groups is 1. The smallest absolute Gasteiger partial charge is 0.303 e. The number of ether oxygens (including phenoxy) is 1. The van der Waals surface area contributed by atoms with Crippen LogP contribution in [0.5, 0.6) is 0 Å². The standard InChI is InChI=1S/C5H5O2/c1-3-4-7-5(2)6/h4H2,2H3/q-1. The summed E-state index contributed by atoms with van der Waals surface area (Å²) >= 11 is 0. The third kappa shape index (κ3) is 5.03. The van der Waals surface area contributed by atoms with E-state index in [4.69, 9.17) is 6.42 Å². The van der Waals surface area contributed by atoms with Crippen LogP contribution in [-0.4, -0.2) is 12.6 Å². The summed E-state index contributed by atoms with van der Waals surface area (Å²) in [7, 11) is 0. The van der Waals surface area contributed by atoms with Gasteiger partial charge in [-0.3, -0.25) is 4.79 Å². The molecular formula is C5H5O2-. The fourth-order valence-corrected chi connectivity index (χ4v) is 0.138. The zero-order chi connectivity index (χ0) is 5.70. The molecule has 0 bridgehead atoms. The highest BCUT2D eigenvalue weighted by molar-refractivity contribution is 5.66. The van der Waals surface area contributed by atoms with Crippen molar-refractivity contribution in [3.63, 3.8) is 0 Å².